The van der Waals surface area contributed by atoms with Gasteiger partial charge in [-0.3, -0.25) is 0 Å². The summed E-state index contributed by atoms with van der Waals surface area (Å²) in [6.07, 6.45) is 1.73. The molecular weight excluding hydrogens is 416 g/mol. The first-order chi connectivity index (χ1) is 16.7. The molecule has 170 valence electrons. The van der Waals surface area contributed by atoms with Crippen molar-refractivity contribution in [2.24, 2.45) is 0 Å². The summed E-state index contributed by atoms with van der Waals surface area (Å²) in [5, 5.41) is 0. The fourth-order valence-corrected chi connectivity index (χ4v) is 4.56. The topological polar surface area (TPSA) is 27.1 Å². The predicted molar refractivity (Wildman–Crippen MR) is 140 cm³/mol. The molecule has 0 atom stereocenters. The Labute approximate surface area is 201 Å². The third-order valence-electron chi connectivity index (χ3n) is 6.34. The summed E-state index contributed by atoms with van der Waals surface area (Å²) in [5.74, 6) is 2.11. The van der Waals surface area contributed by atoms with Gasteiger partial charge in [0.05, 0.1) is 17.6 Å². The van der Waals surface area contributed by atoms with E-state index in [1.165, 1.54) is 33.3 Å². The van der Waals surface area contributed by atoms with Crippen LogP contribution in [0.2, 0.25) is 0 Å². The minimum Gasteiger partial charge on any atom is -0.493 e. The van der Waals surface area contributed by atoms with E-state index in [9.17, 15) is 0 Å². The summed E-state index contributed by atoms with van der Waals surface area (Å²) in [6.45, 7) is 5.77. The number of hydrogen-bond donors (Lipinski definition) is 0. The van der Waals surface area contributed by atoms with Gasteiger partial charge >= 0.3 is 0 Å². The zero-order valence-corrected chi connectivity index (χ0v) is 19.9. The molecule has 1 aromatic heterocycles. The fourth-order valence-electron chi connectivity index (χ4n) is 4.56. The van der Waals surface area contributed by atoms with E-state index >= 15 is 0 Å². The zero-order chi connectivity index (χ0) is 23.3. The number of ether oxygens (including phenoxy) is 1. The van der Waals surface area contributed by atoms with Crippen LogP contribution in [0.1, 0.15) is 28.9 Å². The van der Waals surface area contributed by atoms with Crippen LogP contribution in [0.25, 0.3) is 22.2 Å². The number of hydrogen-bond acceptors (Lipinski definition) is 2. The molecule has 3 heteroatoms. The minimum absolute atomic E-state index is 0.684. The van der Waals surface area contributed by atoms with Crippen molar-refractivity contribution in [2.45, 2.75) is 33.2 Å². The first-order valence-corrected chi connectivity index (χ1v) is 12.0. The lowest BCUT2D eigenvalue weighted by Crippen LogP contribution is -2.09. The molecular formula is C31H30N2O. The van der Waals surface area contributed by atoms with Crippen LogP contribution in [0, 0.1) is 13.8 Å². The highest BCUT2D eigenvalue weighted by Gasteiger charge is 2.12. The largest absolute Gasteiger partial charge is 0.493 e. The molecule has 5 rings (SSSR count). The van der Waals surface area contributed by atoms with Crippen molar-refractivity contribution in [1.82, 2.24) is 9.55 Å². The summed E-state index contributed by atoms with van der Waals surface area (Å²) in [5.41, 5.74) is 8.36. The number of aryl methyl sites for hydroxylation is 3. The smallest absolute Gasteiger partial charge is 0.125 e. The zero-order valence-electron chi connectivity index (χ0n) is 19.9. The number of para-hydroxylation sites is 3. The van der Waals surface area contributed by atoms with Crippen molar-refractivity contribution >= 4 is 11.0 Å². The Bertz CT molecular complexity index is 1360. The molecule has 5 aromatic rings. The average molecular weight is 447 g/mol. The van der Waals surface area contributed by atoms with Gasteiger partial charge in [0.15, 0.2) is 0 Å². The lowest BCUT2D eigenvalue weighted by atomic mass is 10.0. The second kappa shape index (κ2) is 9.96. The second-order valence-corrected chi connectivity index (χ2v) is 8.83. The Kier molecular flexibility index (Phi) is 6.44. The van der Waals surface area contributed by atoms with Crippen molar-refractivity contribution in [1.29, 1.82) is 0 Å². The minimum atomic E-state index is 0.684. The molecule has 0 saturated carbocycles. The van der Waals surface area contributed by atoms with E-state index in [1.54, 1.807) is 0 Å². The van der Waals surface area contributed by atoms with Gasteiger partial charge in [0.1, 0.15) is 11.6 Å². The molecule has 0 aliphatic heterocycles. The summed E-state index contributed by atoms with van der Waals surface area (Å²) in [6, 6.07) is 34.0. The molecule has 0 unspecified atom stereocenters. The summed E-state index contributed by atoms with van der Waals surface area (Å²) < 4.78 is 8.51. The van der Waals surface area contributed by atoms with Gasteiger partial charge < -0.3 is 9.30 Å². The van der Waals surface area contributed by atoms with Crippen LogP contribution in [0.15, 0.2) is 97.1 Å². The SMILES string of the molecule is Cc1cccc(C)c1OCCCn1c(Cc2ccc(-c3ccccc3)cc2)nc2ccccc21. The molecule has 0 radical (unpaired) electrons. The van der Waals surface area contributed by atoms with Gasteiger partial charge in [0.25, 0.3) is 0 Å². The Morgan fingerprint density at radius 2 is 1.38 bits per heavy atom. The van der Waals surface area contributed by atoms with E-state index in [0.29, 0.717) is 6.61 Å². The van der Waals surface area contributed by atoms with E-state index < -0.39 is 0 Å². The lowest BCUT2D eigenvalue weighted by Gasteiger charge is -2.13. The van der Waals surface area contributed by atoms with Crippen molar-refractivity contribution in [3.63, 3.8) is 0 Å². The summed E-state index contributed by atoms with van der Waals surface area (Å²) >= 11 is 0. The van der Waals surface area contributed by atoms with E-state index in [1.807, 2.05) is 0 Å². The highest BCUT2D eigenvalue weighted by molar-refractivity contribution is 5.76. The van der Waals surface area contributed by atoms with Crippen LogP contribution >= 0.6 is 0 Å². The van der Waals surface area contributed by atoms with Gasteiger partial charge in [-0.1, -0.05) is 84.9 Å². The molecule has 0 N–H and O–H groups in total. The lowest BCUT2D eigenvalue weighted by molar-refractivity contribution is 0.298. The van der Waals surface area contributed by atoms with Crippen molar-refractivity contribution in [3.05, 3.63) is 120 Å². The van der Waals surface area contributed by atoms with Gasteiger partial charge in [-0.05, 0) is 60.2 Å². The molecule has 1 heterocycles. The van der Waals surface area contributed by atoms with Crippen LogP contribution in [-0.4, -0.2) is 16.2 Å². The second-order valence-electron chi connectivity index (χ2n) is 8.83. The molecule has 0 fully saturated rings. The van der Waals surface area contributed by atoms with Crippen molar-refractivity contribution in [3.8, 4) is 16.9 Å². The highest BCUT2D eigenvalue weighted by Crippen LogP contribution is 2.24. The first kappa shape index (κ1) is 22.0. The van der Waals surface area contributed by atoms with Crippen LogP contribution in [-0.2, 0) is 13.0 Å². The van der Waals surface area contributed by atoms with Crippen LogP contribution in [0.5, 0.6) is 5.75 Å². The van der Waals surface area contributed by atoms with Crippen LogP contribution in [0.4, 0.5) is 0 Å². The van der Waals surface area contributed by atoms with Gasteiger partial charge in [0, 0.05) is 13.0 Å². The first-order valence-electron chi connectivity index (χ1n) is 12.0. The Morgan fingerprint density at radius 3 is 2.15 bits per heavy atom. The number of aromatic nitrogens is 2. The molecule has 0 bridgehead atoms. The maximum absolute atomic E-state index is 6.16. The molecule has 4 aromatic carbocycles. The molecule has 3 nitrogen and oxygen atoms in total. The monoisotopic (exact) mass is 446 g/mol. The fraction of sp³-hybridized carbons (Fsp3) is 0.194. The normalized spacial score (nSPS) is 11.1. The molecule has 34 heavy (non-hydrogen) atoms. The number of imidazole rings is 1. The third kappa shape index (κ3) is 4.74. The third-order valence-corrected chi connectivity index (χ3v) is 6.34. The van der Waals surface area contributed by atoms with E-state index in [0.717, 1.165) is 36.5 Å². The van der Waals surface area contributed by atoms with Crippen LogP contribution < -0.4 is 4.74 Å². The summed E-state index contributed by atoms with van der Waals surface area (Å²) in [7, 11) is 0. The van der Waals surface area contributed by atoms with E-state index in [-0.39, 0.29) is 0 Å². The van der Waals surface area contributed by atoms with E-state index in [4.69, 9.17) is 9.72 Å². The summed E-state index contributed by atoms with van der Waals surface area (Å²) in [4.78, 5) is 4.98. The standard InChI is InChI=1S/C31H30N2O/c1-23-10-8-11-24(2)31(23)34-21-9-20-33-29-15-7-6-14-28(29)32-30(33)22-25-16-18-27(19-17-25)26-12-4-3-5-13-26/h3-8,10-19H,9,20-22H2,1-2H3. The molecule has 0 amide bonds. The van der Waals surface area contributed by atoms with Gasteiger partial charge in [-0.2, -0.15) is 0 Å². The molecule has 0 spiro atoms. The molecule has 0 aliphatic carbocycles. The molecule has 0 aliphatic rings. The number of nitrogens with zero attached hydrogens (tertiary/aromatic N) is 2. The Hall–Kier alpha value is -3.85. The average Bonchev–Trinajstić information content (AvgIpc) is 3.21. The van der Waals surface area contributed by atoms with Gasteiger partial charge in [-0.15, -0.1) is 0 Å². The van der Waals surface area contributed by atoms with E-state index in [2.05, 4.69) is 115 Å². The number of benzene rings is 4. The number of rotatable bonds is 8. The van der Waals surface area contributed by atoms with Crippen LogP contribution in [0.3, 0.4) is 0 Å². The highest BCUT2D eigenvalue weighted by atomic mass is 16.5. The van der Waals surface area contributed by atoms with Gasteiger partial charge in [-0.25, -0.2) is 4.98 Å². The quantitative estimate of drug-likeness (QED) is 0.233. The number of fused-ring (bicyclic) bond motifs is 1. The Morgan fingerprint density at radius 1 is 0.706 bits per heavy atom. The maximum atomic E-state index is 6.16. The van der Waals surface area contributed by atoms with Crippen molar-refractivity contribution < 1.29 is 4.74 Å². The predicted octanol–water partition coefficient (Wildman–Crippen LogP) is 7.38. The van der Waals surface area contributed by atoms with Gasteiger partial charge in [0.2, 0.25) is 0 Å². The maximum Gasteiger partial charge on any atom is 0.125 e. The molecule has 0 saturated heterocycles. The van der Waals surface area contributed by atoms with Crippen molar-refractivity contribution in [2.75, 3.05) is 6.61 Å². The Balaban J connectivity index is 1.32.